The molecular weight excluding hydrogens is 407 g/mol. The van der Waals surface area contributed by atoms with Gasteiger partial charge in [0.25, 0.3) is 11.8 Å². The molecule has 1 unspecified atom stereocenters. The number of hydrogen-bond donors (Lipinski definition) is 2. The van der Waals surface area contributed by atoms with Crippen molar-refractivity contribution in [3.8, 4) is 5.75 Å². The zero-order valence-electron chi connectivity index (χ0n) is 15.1. The number of anilines is 1. The van der Waals surface area contributed by atoms with Crippen LogP contribution in [0.4, 0.5) is 5.69 Å². The Labute approximate surface area is 171 Å². The summed E-state index contributed by atoms with van der Waals surface area (Å²) in [6.45, 7) is 1.03. The lowest BCUT2D eigenvalue weighted by molar-refractivity contribution is -0.152. The number of esters is 1. The summed E-state index contributed by atoms with van der Waals surface area (Å²) >= 11 is 11.8. The highest BCUT2D eigenvalue weighted by Gasteiger charge is 2.19. The van der Waals surface area contributed by atoms with Crippen LogP contribution in [0.2, 0.25) is 10.0 Å². The van der Waals surface area contributed by atoms with E-state index < -0.39 is 23.9 Å². The van der Waals surface area contributed by atoms with Crippen molar-refractivity contribution in [1.82, 2.24) is 5.32 Å². The van der Waals surface area contributed by atoms with Gasteiger partial charge in [-0.25, -0.2) is 0 Å². The Bertz CT molecular complexity index is 871. The van der Waals surface area contributed by atoms with Gasteiger partial charge in [-0.15, -0.1) is 0 Å². The maximum Gasteiger partial charge on any atom is 0.326 e. The Morgan fingerprint density at radius 2 is 1.75 bits per heavy atom. The average molecular weight is 425 g/mol. The van der Waals surface area contributed by atoms with Crippen molar-refractivity contribution in [2.24, 2.45) is 0 Å². The molecule has 0 aliphatic heterocycles. The maximum atomic E-state index is 12.1. The van der Waals surface area contributed by atoms with Crippen LogP contribution in [0.1, 0.15) is 17.3 Å². The summed E-state index contributed by atoms with van der Waals surface area (Å²) in [6.07, 6.45) is -1.07. The second-order valence-corrected chi connectivity index (χ2v) is 6.50. The molecule has 7 nitrogen and oxygen atoms in total. The minimum absolute atomic E-state index is 0.329. The first kappa shape index (κ1) is 21.5. The van der Waals surface area contributed by atoms with Crippen LogP contribution in [-0.2, 0) is 14.3 Å². The van der Waals surface area contributed by atoms with Crippen LogP contribution in [0.25, 0.3) is 0 Å². The molecule has 0 bridgehead atoms. The lowest BCUT2D eigenvalue weighted by atomic mass is 10.2. The van der Waals surface area contributed by atoms with Crippen LogP contribution < -0.4 is 15.4 Å². The number of nitrogens with one attached hydrogen (secondary N) is 2. The van der Waals surface area contributed by atoms with E-state index >= 15 is 0 Å². The van der Waals surface area contributed by atoms with E-state index in [-0.39, 0.29) is 6.54 Å². The monoisotopic (exact) mass is 424 g/mol. The number of benzene rings is 2. The van der Waals surface area contributed by atoms with Crippen molar-refractivity contribution in [2.45, 2.75) is 13.0 Å². The molecule has 9 heteroatoms. The van der Waals surface area contributed by atoms with Gasteiger partial charge in [-0.2, -0.15) is 0 Å². The van der Waals surface area contributed by atoms with E-state index in [0.29, 0.717) is 27.0 Å². The van der Waals surface area contributed by atoms with E-state index in [1.807, 2.05) is 0 Å². The number of hydrogen-bond acceptors (Lipinski definition) is 5. The normalized spacial score (nSPS) is 11.3. The molecule has 0 aromatic heterocycles. The molecule has 1 atom stereocenters. The molecule has 2 aromatic rings. The molecule has 0 spiro atoms. The standard InChI is InChI=1S/C19H18Cl2N2O5/c1-11(18(25)23-14-7-8-16(27-2)15(21)9-14)28-17(24)10-22-19(26)12-3-5-13(20)6-4-12/h3-9,11H,10H2,1-2H3,(H,22,26)(H,23,25). The zero-order valence-corrected chi connectivity index (χ0v) is 16.6. The van der Waals surface area contributed by atoms with Crippen molar-refractivity contribution in [3.63, 3.8) is 0 Å². The van der Waals surface area contributed by atoms with Gasteiger partial charge in [0, 0.05) is 16.3 Å². The molecule has 0 saturated carbocycles. The topological polar surface area (TPSA) is 93.7 Å². The fourth-order valence-corrected chi connectivity index (χ4v) is 2.52. The van der Waals surface area contributed by atoms with E-state index in [4.69, 9.17) is 32.7 Å². The van der Waals surface area contributed by atoms with Crippen molar-refractivity contribution in [3.05, 3.63) is 58.1 Å². The van der Waals surface area contributed by atoms with Crippen LogP contribution in [-0.4, -0.2) is 37.5 Å². The van der Waals surface area contributed by atoms with Gasteiger partial charge >= 0.3 is 5.97 Å². The highest BCUT2D eigenvalue weighted by molar-refractivity contribution is 6.32. The first-order valence-electron chi connectivity index (χ1n) is 8.18. The van der Waals surface area contributed by atoms with Crippen LogP contribution >= 0.6 is 23.2 Å². The van der Waals surface area contributed by atoms with Crippen LogP contribution in [0, 0.1) is 0 Å². The fourth-order valence-electron chi connectivity index (χ4n) is 2.14. The van der Waals surface area contributed by atoms with Gasteiger partial charge in [0.15, 0.2) is 6.10 Å². The Hall–Kier alpha value is -2.77. The second kappa shape index (κ2) is 9.96. The number of carbonyl (C=O) groups excluding carboxylic acids is 3. The number of methoxy groups -OCH3 is 1. The SMILES string of the molecule is COc1ccc(NC(=O)C(C)OC(=O)CNC(=O)c2ccc(Cl)cc2)cc1Cl. The minimum atomic E-state index is -1.07. The molecule has 2 rings (SSSR count). The van der Waals surface area contributed by atoms with Crippen molar-refractivity contribution < 1.29 is 23.9 Å². The van der Waals surface area contributed by atoms with Crippen LogP contribution in [0.3, 0.4) is 0 Å². The van der Waals surface area contributed by atoms with Gasteiger partial charge in [0.2, 0.25) is 0 Å². The van der Waals surface area contributed by atoms with Gasteiger partial charge < -0.3 is 20.1 Å². The quantitative estimate of drug-likeness (QED) is 0.664. The summed E-state index contributed by atoms with van der Waals surface area (Å²) in [6, 6.07) is 10.9. The van der Waals surface area contributed by atoms with Gasteiger partial charge in [-0.1, -0.05) is 23.2 Å². The highest BCUT2D eigenvalue weighted by Crippen LogP contribution is 2.27. The molecule has 2 N–H and O–H groups in total. The van der Waals surface area contributed by atoms with E-state index in [1.165, 1.54) is 32.2 Å². The van der Waals surface area contributed by atoms with Gasteiger partial charge in [-0.05, 0) is 49.4 Å². The van der Waals surface area contributed by atoms with E-state index in [1.54, 1.807) is 24.3 Å². The van der Waals surface area contributed by atoms with Crippen LogP contribution in [0.5, 0.6) is 5.75 Å². The Kier molecular flexibility index (Phi) is 7.66. The fraction of sp³-hybridized carbons (Fsp3) is 0.211. The number of ether oxygens (including phenoxy) is 2. The Morgan fingerprint density at radius 1 is 1.07 bits per heavy atom. The first-order chi connectivity index (χ1) is 13.3. The average Bonchev–Trinajstić information content (AvgIpc) is 2.66. The molecule has 0 radical (unpaired) electrons. The molecular formula is C19H18Cl2N2O5. The molecule has 0 saturated heterocycles. The lowest BCUT2D eigenvalue weighted by Crippen LogP contribution is -2.35. The third kappa shape index (κ3) is 6.14. The molecule has 2 aromatic carbocycles. The summed E-state index contributed by atoms with van der Waals surface area (Å²) in [7, 11) is 1.48. The predicted molar refractivity (Wildman–Crippen MR) is 106 cm³/mol. The molecule has 28 heavy (non-hydrogen) atoms. The number of carbonyl (C=O) groups is 3. The van der Waals surface area contributed by atoms with E-state index in [0.717, 1.165) is 0 Å². The second-order valence-electron chi connectivity index (χ2n) is 5.66. The van der Waals surface area contributed by atoms with Crippen molar-refractivity contribution in [2.75, 3.05) is 19.0 Å². The van der Waals surface area contributed by atoms with E-state index in [9.17, 15) is 14.4 Å². The highest BCUT2D eigenvalue weighted by atomic mass is 35.5. The maximum absolute atomic E-state index is 12.1. The third-order valence-corrected chi connectivity index (χ3v) is 4.14. The predicted octanol–water partition coefficient (Wildman–Crippen LogP) is 3.30. The van der Waals surface area contributed by atoms with E-state index in [2.05, 4.69) is 10.6 Å². The summed E-state index contributed by atoms with van der Waals surface area (Å²) in [4.78, 5) is 35.9. The van der Waals surface area contributed by atoms with Crippen molar-refractivity contribution >= 4 is 46.7 Å². The number of amides is 2. The van der Waals surface area contributed by atoms with Gasteiger partial charge in [0.1, 0.15) is 12.3 Å². The summed E-state index contributed by atoms with van der Waals surface area (Å²) in [5.74, 6) is -1.29. The largest absolute Gasteiger partial charge is 0.495 e. The summed E-state index contributed by atoms with van der Waals surface area (Å²) in [5.41, 5.74) is 0.772. The van der Waals surface area contributed by atoms with Gasteiger partial charge in [0.05, 0.1) is 12.1 Å². The molecule has 2 amide bonds. The molecule has 0 aliphatic rings. The molecule has 0 aliphatic carbocycles. The molecule has 0 heterocycles. The third-order valence-electron chi connectivity index (χ3n) is 3.60. The zero-order chi connectivity index (χ0) is 20.7. The smallest absolute Gasteiger partial charge is 0.326 e. The summed E-state index contributed by atoms with van der Waals surface area (Å²) < 4.78 is 10.1. The molecule has 0 fully saturated rings. The Balaban J connectivity index is 1.82. The number of rotatable bonds is 7. The van der Waals surface area contributed by atoms with Gasteiger partial charge in [-0.3, -0.25) is 14.4 Å². The number of halogens is 2. The Morgan fingerprint density at radius 3 is 2.36 bits per heavy atom. The first-order valence-corrected chi connectivity index (χ1v) is 8.93. The van der Waals surface area contributed by atoms with Crippen molar-refractivity contribution in [1.29, 1.82) is 0 Å². The summed E-state index contributed by atoms with van der Waals surface area (Å²) in [5, 5.41) is 5.81. The molecule has 148 valence electrons. The minimum Gasteiger partial charge on any atom is -0.495 e. The van der Waals surface area contributed by atoms with Crippen LogP contribution in [0.15, 0.2) is 42.5 Å². The lowest BCUT2D eigenvalue weighted by Gasteiger charge is -2.14.